The zero-order chi connectivity index (χ0) is 32.8. The summed E-state index contributed by atoms with van der Waals surface area (Å²) in [5, 5.41) is 36.0. The molecular formula is C28H38N8O8. The summed E-state index contributed by atoms with van der Waals surface area (Å²) in [4.78, 5) is 66.6. The molecule has 0 aromatic heterocycles. The Kier molecular flexibility index (Phi) is 13.4. The first-order valence-corrected chi connectivity index (χ1v) is 13.5. The first-order chi connectivity index (χ1) is 20.7. The summed E-state index contributed by atoms with van der Waals surface area (Å²) < 4.78 is 0. The van der Waals surface area contributed by atoms with Crippen molar-refractivity contribution in [2.24, 2.45) is 27.9 Å². The molecule has 0 saturated carbocycles. The van der Waals surface area contributed by atoms with E-state index < -0.39 is 60.2 Å². The van der Waals surface area contributed by atoms with Crippen molar-refractivity contribution in [1.29, 1.82) is 0 Å². The van der Waals surface area contributed by atoms with E-state index >= 15 is 0 Å². The second-order valence-electron chi connectivity index (χ2n) is 9.99. The van der Waals surface area contributed by atoms with Gasteiger partial charge in [0.05, 0.1) is 12.5 Å². The summed E-state index contributed by atoms with van der Waals surface area (Å²) in [5.41, 5.74) is 22.8. The van der Waals surface area contributed by atoms with Crippen molar-refractivity contribution in [3.8, 4) is 11.5 Å². The highest BCUT2D eigenvalue weighted by atomic mass is 16.4. The molecule has 2 aromatic rings. The molecule has 0 aliphatic rings. The molecule has 0 spiro atoms. The number of aliphatic imine (C=N–C) groups is 1. The van der Waals surface area contributed by atoms with Gasteiger partial charge in [0.1, 0.15) is 29.6 Å². The summed E-state index contributed by atoms with van der Waals surface area (Å²) >= 11 is 0. The van der Waals surface area contributed by atoms with Crippen molar-refractivity contribution in [3.05, 3.63) is 59.7 Å². The van der Waals surface area contributed by atoms with Crippen LogP contribution < -0.4 is 38.9 Å². The number of benzene rings is 2. The topological polar surface area (TPSA) is 299 Å². The second kappa shape index (κ2) is 16.9. The Labute approximate surface area is 252 Å². The molecule has 0 fully saturated rings. The van der Waals surface area contributed by atoms with E-state index in [4.69, 9.17) is 22.9 Å². The minimum Gasteiger partial charge on any atom is -0.508 e. The highest BCUT2D eigenvalue weighted by Gasteiger charge is 2.31. The van der Waals surface area contributed by atoms with Crippen LogP contribution in [0, 0.1) is 0 Å². The third-order valence-corrected chi connectivity index (χ3v) is 6.34. The highest BCUT2D eigenvalue weighted by molar-refractivity contribution is 5.95. The van der Waals surface area contributed by atoms with Gasteiger partial charge >= 0.3 is 5.97 Å². The molecule has 0 bridgehead atoms. The average Bonchev–Trinajstić information content (AvgIpc) is 2.95. The second-order valence-corrected chi connectivity index (χ2v) is 9.99. The average molecular weight is 615 g/mol. The van der Waals surface area contributed by atoms with Crippen LogP contribution in [0.15, 0.2) is 53.5 Å². The molecule has 0 saturated heterocycles. The number of hydrogen-bond acceptors (Lipinski definition) is 9. The predicted molar refractivity (Wildman–Crippen MR) is 159 cm³/mol. The number of hydrogen-bond donors (Lipinski definition) is 10. The largest absolute Gasteiger partial charge is 0.508 e. The van der Waals surface area contributed by atoms with Gasteiger partial charge in [-0.05, 0) is 48.2 Å². The van der Waals surface area contributed by atoms with Crippen LogP contribution in [0.5, 0.6) is 11.5 Å². The Bertz CT molecular complexity index is 1330. The quantitative estimate of drug-likeness (QED) is 0.0512. The fourth-order valence-electron chi connectivity index (χ4n) is 4.03. The lowest BCUT2D eigenvalue weighted by Gasteiger charge is -2.25. The standard InChI is InChI=1S/C28H38N8O8/c29-19(2-1-11-33-28(31)32)24(40)34-20(12-15-3-7-17(37)8-4-15)25(41)35-21(13-16-5-9-18(38)10-6-16)26(42)36-22(27(43)44)14-23(30)39/h3-10,19-22,37-38H,1-2,11-14,29H2,(H2,30,39)(H,34,40)(H,35,41)(H,36,42)(H,43,44)(H4,31,32,33). The van der Waals surface area contributed by atoms with E-state index in [0.717, 1.165) is 0 Å². The Hall–Kier alpha value is -5.38. The highest BCUT2D eigenvalue weighted by Crippen LogP contribution is 2.14. The van der Waals surface area contributed by atoms with E-state index in [0.29, 0.717) is 17.5 Å². The lowest BCUT2D eigenvalue weighted by atomic mass is 10.0. The Morgan fingerprint density at radius 3 is 1.55 bits per heavy atom. The molecule has 44 heavy (non-hydrogen) atoms. The van der Waals surface area contributed by atoms with Gasteiger partial charge in [0.25, 0.3) is 0 Å². The number of primary amides is 1. The van der Waals surface area contributed by atoms with Crippen LogP contribution in [0.1, 0.15) is 30.4 Å². The normalized spacial score (nSPS) is 13.4. The molecular weight excluding hydrogens is 576 g/mol. The third-order valence-electron chi connectivity index (χ3n) is 6.34. The fraction of sp³-hybridized carbons (Fsp3) is 0.357. The number of carboxylic acid groups (broad SMARTS) is 1. The maximum Gasteiger partial charge on any atom is 0.326 e. The molecule has 0 radical (unpaired) electrons. The number of carbonyl (C=O) groups is 5. The molecule has 0 heterocycles. The van der Waals surface area contributed by atoms with Crippen LogP contribution in [0.4, 0.5) is 0 Å². The first-order valence-electron chi connectivity index (χ1n) is 13.5. The molecule has 4 unspecified atom stereocenters. The van der Waals surface area contributed by atoms with Crippen molar-refractivity contribution in [1.82, 2.24) is 16.0 Å². The summed E-state index contributed by atoms with van der Waals surface area (Å²) in [7, 11) is 0. The number of phenols is 2. The number of carbonyl (C=O) groups excluding carboxylic acids is 4. The number of phenolic OH excluding ortho intramolecular Hbond substituents is 2. The van der Waals surface area contributed by atoms with Crippen molar-refractivity contribution in [2.45, 2.75) is 56.3 Å². The maximum absolute atomic E-state index is 13.6. The van der Waals surface area contributed by atoms with Crippen LogP contribution in [0.2, 0.25) is 0 Å². The van der Waals surface area contributed by atoms with Crippen LogP contribution in [0.25, 0.3) is 0 Å². The lowest BCUT2D eigenvalue weighted by Crippen LogP contribution is -2.58. The zero-order valence-corrected chi connectivity index (χ0v) is 23.8. The molecule has 2 rings (SSSR count). The Morgan fingerprint density at radius 1 is 0.705 bits per heavy atom. The molecule has 4 atom stereocenters. The number of nitrogens with two attached hydrogens (primary N) is 4. The SMILES string of the molecule is NC(=O)CC(NC(=O)C(Cc1ccc(O)cc1)NC(=O)C(Cc1ccc(O)cc1)NC(=O)C(N)CCCN=C(N)N)C(=O)O. The molecule has 0 aliphatic heterocycles. The number of guanidine groups is 1. The molecule has 16 nitrogen and oxygen atoms in total. The van der Waals surface area contributed by atoms with Crippen LogP contribution >= 0.6 is 0 Å². The Morgan fingerprint density at radius 2 is 1.14 bits per heavy atom. The summed E-state index contributed by atoms with van der Waals surface area (Å²) in [6.07, 6.45) is -0.331. The number of nitrogens with zero attached hydrogens (tertiary/aromatic N) is 1. The lowest BCUT2D eigenvalue weighted by molar-refractivity contribution is -0.143. The van der Waals surface area contributed by atoms with Gasteiger partial charge in [0.2, 0.25) is 23.6 Å². The minimum atomic E-state index is -1.66. The number of rotatable bonds is 17. The smallest absolute Gasteiger partial charge is 0.326 e. The van der Waals surface area contributed by atoms with E-state index in [1.807, 2.05) is 0 Å². The molecule has 2 aromatic carbocycles. The van der Waals surface area contributed by atoms with E-state index in [2.05, 4.69) is 20.9 Å². The van der Waals surface area contributed by atoms with Gasteiger partial charge in [-0.25, -0.2) is 4.79 Å². The Balaban J connectivity index is 2.31. The van der Waals surface area contributed by atoms with Gasteiger partial charge in [-0.3, -0.25) is 24.2 Å². The molecule has 4 amide bonds. The van der Waals surface area contributed by atoms with Gasteiger partial charge in [0.15, 0.2) is 5.96 Å². The van der Waals surface area contributed by atoms with Crippen LogP contribution in [-0.4, -0.2) is 81.6 Å². The number of nitrogens with one attached hydrogen (secondary N) is 3. The molecule has 0 aliphatic carbocycles. The maximum atomic E-state index is 13.6. The monoisotopic (exact) mass is 614 g/mol. The zero-order valence-electron chi connectivity index (χ0n) is 23.8. The van der Waals surface area contributed by atoms with Gasteiger partial charge in [-0.15, -0.1) is 0 Å². The summed E-state index contributed by atoms with van der Waals surface area (Å²) in [5.74, 6) is -5.06. The number of aromatic hydroxyl groups is 2. The molecule has 16 heteroatoms. The van der Waals surface area contributed by atoms with Crippen molar-refractivity contribution in [3.63, 3.8) is 0 Å². The predicted octanol–water partition coefficient (Wildman–Crippen LogP) is -2.32. The molecule has 238 valence electrons. The van der Waals surface area contributed by atoms with E-state index in [-0.39, 0.29) is 43.3 Å². The molecule has 14 N–H and O–H groups in total. The van der Waals surface area contributed by atoms with Crippen molar-refractivity contribution < 1.29 is 39.3 Å². The summed E-state index contributed by atoms with van der Waals surface area (Å²) in [6, 6.07) is 6.26. The fourth-order valence-corrected chi connectivity index (χ4v) is 4.03. The number of amides is 4. The van der Waals surface area contributed by atoms with Crippen molar-refractivity contribution >= 4 is 35.6 Å². The number of carboxylic acids is 1. The minimum absolute atomic E-state index is 0.0174. The van der Waals surface area contributed by atoms with E-state index in [1.54, 1.807) is 12.1 Å². The summed E-state index contributed by atoms with van der Waals surface area (Å²) in [6.45, 7) is 0.238. The van der Waals surface area contributed by atoms with E-state index in [1.165, 1.54) is 36.4 Å². The van der Waals surface area contributed by atoms with Crippen molar-refractivity contribution in [2.75, 3.05) is 6.54 Å². The van der Waals surface area contributed by atoms with E-state index in [9.17, 15) is 39.3 Å². The van der Waals surface area contributed by atoms with Gasteiger partial charge in [0, 0.05) is 19.4 Å². The van der Waals surface area contributed by atoms with Gasteiger partial charge in [-0.2, -0.15) is 0 Å². The number of aliphatic carboxylic acids is 1. The van der Waals surface area contributed by atoms with Crippen LogP contribution in [-0.2, 0) is 36.8 Å². The van der Waals surface area contributed by atoms with Crippen LogP contribution in [0.3, 0.4) is 0 Å². The first kappa shape index (κ1) is 34.8. The third kappa shape index (κ3) is 12.2. The van der Waals surface area contributed by atoms with Gasteiger partial charge in [-0.1, -0.05) is 24.3 Å². The van der Waals surface area contributed by atoms with Gasteiger partial charge < -0.3 is 54.2 Å².